The molecule has 0 atom stereocenters. The molecule has 4 nitrogen and oxygen atoms in total. The van der Waals surface area contributed by atoms with Crippen LogP contribution in [0, 0.1) is 6.92 Å². The maximum atomic E-state index is 11.2. The van der Waals surface area contributed by atoms with E-state index in [4.69, 9.17) is 0 Å². The summed E-state index contributed by atoms with van der Waals surface area (Å²) in [7, 11) is 0. The molecule has 0 bridgehead atoms. The smallest absolute Gasteiger partial charge is 0.219 e. The molecule has 16 heavy (non-hydrogen) atoms. The molecule has 0 unspecified atom stereocenters. The molecule has 0 saturated carbocycles. The first kappa shape index (κ1) is 10.9. The maximum absolute atomic E-state index is 11.2. The molecular weight excluding hydrogens is 202 g/mol. The molecule has 0 aromatic carbocycles. The number of nitrogens with zero attached hydrogens (tertiary/aromatic N) is 3. The standard InChI is InChI=1S/C12H17N3O/c1-10-7-12(9-13-8-10)15-5-3-14(4-6-15)11(2)16/h7-9H,3-6H2,1-2H3. The molecule has 2 heterocycles. The number of aromatic nitrogens is 1. The molecule has 1 aliphatic heterocycles. The number of anilines is 1. The number of hydrogen-bond acceptors (Lipinski definition) is 3. The molecule has 0 aliphatic carbocycles. The van der Waals surface area contributed by atoms with Crippen LogP contribution in [0.3, 0.4) is 0 Å². The minimum Gasteiger partial charge on any atom is -0.367 e. The number of carbonyl (C=O) groups is 1. The third-order valence-corrected chi connectivity index (χ3v) is 2.95. The Bertz CT molecular complexity index is 384. The van der Waals surface area contributed by atoms with Gasteiger partial charge in [0.1, 0.15) is 0 Å². The quantitative estimate of drug-likeness (QED) is 0.708. The molecule has 1 aromatic heterocycles. The van der Waals surface area contributed by atoms with Crippen LogP contribution in [0.15, 0.2) is 18.5 Å². The van der Waals surface area contributed by atoms with Gasteiger partial charge in [0.05, 0.1) is 11.9 Å². The summed E-state index contributed by atoms with van der Waals surface area (Å²) in [6.45, 7) is 7.08. The Kier molecular flexibility index (Phi) is 3.08. The van der Waals surface area contributed by atoms with Crippen molar-refractivity contribution in [3.05, 3.63) is 24.0 Å². The van der Waals surface area contributed by atoms with Crippen molar-refractivity contribution >= 4 is 11.6 Å². The number of piperazine rings is 1. The van der Waals surface area contributed by atoms with Crippen LogP contribution in [0.2, 0.25) is 0 Å². The number of aryl methyl sites for hydroxylation is 1. The first-order valence-electron chi connectivity index (χ1n) is 5.59. The monoisotopic (exact) mass is 219 g/mol. The van der Waals surface area contributed by atoms with Crippen LogP contribution in [0.4, 0.5) is 5.69 Å². The molecule has 1 fully saturated rings. The highest BCUT2D eigenvalue weighted by atomic mass is 16.2. The van der Waals surface area contributed by atoms with Crippen LogP contribution in [-0.4, -0.2) is 42.0 Å². The molecule has 86 valence electrons. The zero-order valence-corrected chi connectivity index (χ0v) is 9.81. The predicted octanol–water partition coefficient (Wildman–Crippen LogP) is 1.06. The van der Waals surface area contributed by atoms with Gasteiger partial charge in [-0.2, -0.15) is 0 Å². The van der Waals surface area contributed by atoms with Gasteiger partial charge in [0, 0.05) is 39.3 Å². The van der Waals surface area contributed by atoms with Crippen molar-refractivity contribution in [3.63, 3.8) is 0 Å². The van der Waals surface area contributed by atoms with E-state index in [0.717, 1.165) is 31.9 Å². The van der Waals surface area contributed by atoms with Gasteiger partial charge in [-0.1, -0.05) is 0 Å². The molecule has 0 spiro atoms. The number of hydrogen-bond donors (Lipinski definition) is 0. The molecule has 0 N–H and O–H groups in total. The molecule has 1 aromatic rings. The minimum atomic E-state index is 0.169. The average Bonchev–Trinajstić information content (AvgIpc) is 2.29. The third kappa shape index (κ3) is 2.32. The topological polar surface area (TPSA) is 36.4 Å². The van der Waals surface area contributed by atoms with E-state index >= 15 is 0 Å². The summed E-state index contributed by atoms with van der Waals surface area (Å²) in [5.74, 6) is 0.169. The molecular formula is C12H17N3O. The highest BCUT2D eigenvalue weighted by Crippen LogP contribution is 2.16. The Hall–Kier alpha value is -1.58. The van der Waals surface area contributed by atoms with E-state index in [9.17, 15) is 4.79 Å². The largest absolute Gasteiger partial charge is 0.367 e. The van der Waals surface area contributed by atoms with Gasteiger partial charge in [-0.15, -0.1) is 0 Å². The Morgan fingerprint density at radius 2 is 1.94 bits per heavy atom. The molecule has 2 rings (SSSR count). The summed E-state index contributed by atoms with van der Waals surface area (Å²) >= 11 is 0. The normalized spacial score (nSPS) is 16.4. The second-order valence-corrected chi connectivity index (χ2v) is 4.21. The van der Waals surface area contributed by atoms with E-state index in [-0.39, 0.29) is 5.91 Å². The van der Waals surface area contributed by atoms with Crippen LogP contribution in [0.1, 0.15) is 12.5 Å². The summed E-state index contributed by atoms with van der Waals surface area (Å²) < 4.78 is 0. The van der Waals surface area contributed by atoms with E-state index in [1.54, 1.807) is 6.92 Å². The zero-order valence-electron chi connectivity index (χ0n) is 9.81. The van der Waals surface area contributed by atoms with Crippen LogP contribution < -0.4 is 4.90 Å². The molecule has 1 aliphatic rings. The van der Waals surface area contributed by atoms with Crippen molar-refractivity contribution in [3.8, 4) is 0 Å². The Morgan fingerprint density at radius 3 is 2.50 bits per heavy atom. The Labute approximate surface area is 95.9 Å². The fraction of sp³-hybridized carbons (Fsp3) is 0.500. The fourth-order valence-corrected chi connectivity index (χ4v) is 1.99. The first-order valence-corrected chi connectivity index (χ1v) is 5.59. The second-order valence-electron chi connectivity index (χ2n) is 4.21. The summed E-state index contributed by atoms with van der Waals surface area (Å²) in [6, 6.07) is 2.14. The van der Waals surface area contributed by atoms with Crippen molar-refractivity contribution < 1.29 is 4.79 Å². The first-order chi connectivity index (χ1) is 7.66. The van der Waals surface area contributed by atoms with Crippen LogP contribution in [-0.2, 0) is 4.79 Å². The van der Waals surface area contributed by atoms with Crippen molar-refractivity contribution in [1.29, 1.82) is 0 Å². The lowest BCUT2D eigenvalue weighted by atomic mass is 10.2. The summed E-state index contributed by atoms with van der Waals surface area (Å²) in [4.78, 5) is 19.5. The zero-order chi connectivity index (χ0) is 11.5. The summed E-state index contributed by atoms with van der Waals surface area (Å²) in [6.07, 6.45) is 3.74. The van der Waals surface area contributed by atoms with Crippen LogP contribution in [0.25, 0.3) is 0 Å². The predicted molar refractivity (Wildman–Crippen MR) is 63.4 cm³/mol. The van der Waals surface area contributed by atoms with Crippen molar-refractivity contribution in [2.45, 2.75) is 13.8 Å². The van der Waals surface area contributed by atoms with Gasteiger partial charge in [-0.3, -0.25) is 9.78 Å². The van der Waals surface area contributed by atoms with Crippen LogP contribution >= 0.6 is 0 Å². The van der Waals surface area contributed by atoms with Gasteiger partial charge >= 0.3 is 0 Å². The molecule has 0 radical (unpaired) electrons. The van der Waals surface area contributed by atoms with Crippen molar-refractivity contribution in [2.24, 2.45) is 0 Å². The lowest BCUT2D eigenvalue weighted by Gasteiger charge is -2.35. The van der Waals surface area contributed by atoms with Crippen molar-refractivity contribution in [1.82, 2.24) is 9.88 Å². The average molecular weight is 219 g/mol. The summed E-state index contributed by atoms with van der Waals surface area (Å²) in [5, 5.41) is 0. The second kappa shape index (κ2) is 4.51. The van der Waals surface area contributed by atoms with Crippen molar-refractivity contribution in [2.75, 3.05) is 31.1 Å². The maximum Gasteiger partial charge on any atom is 0.219 e. The van der Waals surface area contributed by atoms with E-state index in [1.165, 1.54) is 5.56 Å². The Balaban J connectivity index is 2.01. The van der Waals surface area contributed by atoms with E-state index in [0.29, 0.717) is 0 Å². The van der Waals surface area contributed by atoms with Gasteiger partial charge in [0.25, 0.3) is 0 Å². The van der Waals surface area contributed by atoms with E-state index in [1.807, 2.05) is 24.2 Å². The van der Waals surface area contributed by atoms with Crippen LogP contribution in [0.5, 0.6) is 0 Å². The number of carbonyl (C=O) groups excluding carboxylic acids is 1. The molecule has 4 heteroatoms. The van der Waals surface area contributed by atoms with E-state index < -0.39 is 0 Å². The summed E-state index contributed by atoms with van der Waals surface area (Å²) in [5.41, 5.74) is 2.33. The lowest BCUT2D eigenvalue weighted by molar-refractivity contribution is -0.129. The number of amides is 1. The number of rotatable bonds is 1. The fourth-order valence-electron chi connectivity index (χ4n) is 1.99. The molecule has 1 amide bonds. The van der Waals surface area contributed by atoms with Gasteiger partial charge in [-0.25, -0.2) is 0 Å². The SMILES string of the molecule is CC(=O)N1CCN(c2cncc(C)c2)CC1. The van der Waals surface area contributed by atoms with Gasteiger partial charge < -0.3 is 9.80 Å². The third-order valence-electron chi connectivity index (χ3n) is 2.95. The van der Waals surface area contributed by atoms with Gasteiger partial charge in [-0.05, 0) is 18.6 Å². The lowest BCUT2D eigenvalue weighted by Crippen LogP contribution is -2.48. The highest BCUT2D eigenvalue weighted by molar-refractivity contribution is 5.73. The van der Waals surface area contributed by atoms with Gasteiger partial charge in [0.15, 0.2) is 0 Å². The molecule has 1 saturated heterocycles. The number of pyridine rings is 1. The Morgan fingerprint density at radius 1 is 1.25 bits per heavy atom. The highest BCUT2D eigenvalue weighted by Gasteiger charge is 2.18. The van der Waals surface area contributed by atoms with Gasteiger partial charge in [0.2, 0.25) is 5.91 Å². The minimum absolute atomic E-state index is 0.169. The van der Waals surface area contributed by atoms with E-state index in [2.05, 4.69) is 16.0 Å².